The molecule has 1 atom stereocenters. The second kappa shape index (κ2) is 10.9. The molecular formula is C17H34ClN3O2. The van der Waals surface area contributed by atoms with Gasteiger partial charge in [-0.25, -0.2) is 0 Å². The van der Waals surface area contributed by atoms with Gasteiger partial charge in [0.25, 0.3) is 0 Å². The molecule has 1 saturated carbocycles. The van der Waals surface area contributed by atoms with Gasteiger partial charge in [0.2, 0.25) is 11.8 Å². The highest BCUT2D eigenvalue weighted by Crippen LogP contribution is 2.23. The van der Waals surface area contributed by atoms with Crippen LogP contribution in [-0.2, 0) is 9.59 Å². The first kappa shape index (κ1) is 22.2. The largest absolute Gasteiger partial charge is 0.353 e. The van der Waals surface area contributed by atoms with Crippen LogP contribution < -0.4 is 16.4 Å². The Morgan fingerprint density at radius 3 is 2.22 bits per heavy atom. The summed E-state index contributed by atoms with van der Waals surface area (Å²) < 4.78 is 0. The third-order valence-corrected chi connectivity index (χ3v) is 5.01. The Kier molecular flexibility index (Phi) is 10.5. The van der Waals surface area contributed by atoms with Crippen molar-refractivity contribution in [2.24, 2.45) is 11.7 Å². The molecule has 1 fully saturated rings. The number of halogens is 1. The van der Waals surface area contributed by atoms with Crippen molar-refractivity contribution in [1.82, 2.24) is 10.6 Å². The van der Waals surface area contributed by atoms with Crippen LogP contribution in [0, 0.1) is 5.92 Å². The Balaban J connectivity index is 0.00000484. The predicted octanol–water partition coefficient (Wildman–Crippen LogP) is 2.52. The lowest BCUT2D eigenvalue weighted by atomic mass is 9.88. The summed E-state index contributed by atoms with van der Waals surface area (Å²) in [7, 11) is 0. The molecule has 1 rings (SSSR count). The molecule has 0 radical (unpaired) electrons. The molecule has 23 heavy (non-hydrogen) atoms. The van der Waals surface area contributed by atoms with Crippen molar-refractivity contribution in [2.45, 2.75) is 83.7 Å². The zero-order valence-corrected chi connectivity index (χ0v) is 15.6. The second-order valence-corrected chi connectivity index (χ2v) is 6.69. The van der Waals surface area contributed by atoms with E-state index in [1.54, 1.807) is 0 Å². The van der Waals surface area contributed by atoms with Crippen molar-refractivity contribution in [3.63, 3.8) is 0 Å². The molecule has 5 nitrogen and oxygen atoms in total. The van der Waals surface area contributed by atoms with Crippen LogP contribution in [0.1, 0.15) is 72.1 Å². The summed E-state index contributed by atoms with van der Waals surface area (Å²) in [5, 5.41) is 6.04. The number of carbonyl (C=O) groups is 2. The SMILES string of the molecule is CCC(CC)(CN)NC(=O)CC(C)NC(=O)C1CCCCC1.Cl. The molecule has 4 N–H and O–H groups in total. The van der Waals surface area contributed by atoms with Crippen LogP contribution in [0.4, 0.5) is 0 Å². The minimum atomic E-state index is -0.315. The first-order valence-electron chi connectivity index (χ1n) is 8.77. The molecule has 0 aromatic rings. The van der Waals surface area contributed by atoms with Gasteiger partial charge in [0.15, 0.2) is 0 Å². The van der Waals surface area contributed by atoms with Gasteiger partial charge in [0.1, 0.15) is 0 Å². The number of hydrogen-bond donors (Lipinski definition) is 3. The van der Waals surface area contributed by atoms with Crippen molar-refractivity contribution >= 4 is 24.2 Å². The third-order valence-electron chi connectivity index (χ3n) is 5.01. The zero-order valence-electron chi connectivity index (χ0n) is 14.8. The van der Waals surface area contributed by atoms with E-state index in [9.17, 15) is 9.59 Å². The van der Waals surface area contributed by atoms with E-state index in [2.05, 4.69) is 10.6 Å². The number of carbonyl (C=O) groups excluding carboxylic acids is 2. The number of rotatable bonds is 8. The van der Waals surface area contributed by atoms with Gasteiger partial charge in [0.05, 0.1) is 5.54 Å². The maximum Gasteiger partial charge on any atom is 0.223 e. The van der Waals surface area contributed by atoms with Gasteiger partial charge in [-0.3, -0.25) is 9.59 Å². The van der Waals surface area contributed by atoms with Crippen LogP contribution in [0.25, 0.3) is 0 Å². The number of nitrogens with one attached hydrogen (secondary N) is 2. The van der Waals surface area contributed by atoms with E-state index in [0.29, 0.717) is 13.0 Å². The molecular weight excluding hydrogens is 314 g/mol. The molecule has 2 amide bonds. The quantitative estimate of drug-likeness (QED) is 0.630. The molecule has 0 spiro atoms. The summed E-state index contributed by atoms with van der Waals surface area (Å²) in [6, 6.07) is -0.140. The molecule has 6 heteroatoms. The molecule has 136 valence electrons. The molecule has 0 aromatic heterocycles. The fourth-order valence-electron chi connectivity index (χ4n) is 3.17. The smallest absolute Gasteiger partial charge is 0.223 e. The van der Waals surface area contributed by atoms with Crippen molar-refractivity contribution in [1.29, 1.82) is 0 Å². The molecule has 0 aromatic carbocycles. The summed E-state index contributed by atoms with van der Waals surface area (Å²) in [4.78, 5) is 24.4. The summed E-state index contributed by atoms with van der Waals surface area (Å²) in [6.45, 7) is 6.40. The fraction of sp³-hybridized carbons (Fsp3) is 0.882. The van der Waals surface area contributed by atoms with E-state index < -0.39 is 0 Å². The first-order valence-corrected chi connectivity index (χ1v) is 8.77. The maximum atomic E-state index is 12.2. The lowest BCUT2D eigenvalue weighted by molar-refractivity contribution is -0.127. The van der Waals surface area contributed by atoms with E-state index >= 15 is 0 Å². The van der Waals surface area contributed by atoms with Gasteiger partial charge in [-0.1, -0.05) is 33.1 Å². The Bertz CT molecular complexity index is 359. The Hall–Kier alpha value is -0.810. The second-order valence-electron chi connectivity index (χ2n) is 6.69. The molecule has 0 saturated heterocycles. The Morgan fingerprint density at radius 1 is 1.17 bits per heavy atom. The monoisotopic (exact) mass is 347 g/mol. The predicted molar refractivity (Wildman–Crippen MR) is 96.6 cm³/mol. The normalized spacial score (nSPS) is 17.0. The number of hydrogen-bond acceptors (Lipinski definition) is 3. The summed E-state index contributed by atoms with van der Waals surface area (Å²) in [6.07, 6.45) is 7.40. The van der Waals surface area contributed by atoms with Gasteiger partial charge in [-0.2, -0.15) is 0 Å². The molecule has 1 unspecified atom stereocenters. The summed E-state index contributed by atoms with van der Waals surface area (Å²) >= 11 is 0. The lowest BCUT2D eigenvalue weighted by Crippen LogP contribution is -2.54. The van der Waals surface area contributed by atoms with E-state index in [1.165, 1.54) is 6.42 Å². The van der Waals surface area contributed by atoms with E-state index in [4.69, 9.17) is 5.73 Å². The van der Waals surface area contributed by atoms with Crippen LogP contribution in [-0.4, -0.2) is 29.9 Å². The van der Waals surface area contributed by atoms with Gasteiger partial charge >= 0.3 is 0 Å². The average molecular weight is 348 g/mol. The topological polar surface area (TPSA) is 84.2 Å². The van der Waals surface area contributed by atoms with Crippen LogP contribution in [0.5, 0.6) is 0 Å². The van der Waals surface area contributed by atoms with E-state index in [1.807, 2.05) is 20.8 Å². The van der Waals surface area contributed by atoms with Gasteiger partial charge in [-0.05, 0) is 32.6 Å². The van der Waals surface area contributed by atoms with Gasteiger partial charge in [-0.15, -0.1) is 12.4 Å². The van der Waals surface area contributed by atoms with Crippen LogP contribution in [0.15, 0.2) is 0 Å². The summed E-state index contributed by atoms with van der Waals surface area (Å²) in [5.41, 5.74) is 5.49. The average Bonchev–Trinajstić information content (AvgIpc) is 2.53. The van der Waals surface area contributed by atoms with Crippen LogP contribution in [0.3, 0.4) is 0 Å². The molecule has 0 bridgehead atoms. The minimum absolute atomic E-state index is 0. The number of amides is 2. The van der Waals surface area contributed by atoms with Crippen molar-refractivity contribution < 1.29 is 9.59 Å². The fourth-order valence-corrected chi connectivity index (χ4v) is 3.17. The van der Waals surface area contributed by atoms with Crippen molar-refractivity contribution in [3.05, 3.63) is 0 Å². The maximum absolute atomic E-state index is 12.2. The molecule has 0 heterocycles. The first-order chi connectivity index (χ1) is 10.5. The van der Waals surface area contributed by atoms with Crippen LogP contribution in [0.2, 0.25) is 0 Å². The molecule has 1 aliphatic rings. The van der Waals surface area contributed by atoms with Gasteiger partial charge in [0, 0.05) is 24.9 Å². The highest BCUT2D eigenvalue weighted by atomic mass is 35.5. The van der Waals surface area contributed by atoms with E-state index in [-0.39, 0.29) is 41.7 Å². The van der Waals surface area contributed by atoms with E-state index in [0.717, 1.165) is 38.5 Å². The van der Waals surface area contributed by atoms with Crippen molar-refractivity contribution in [2.75, 3.05) is 6.54 Å². The highest BCUT2D eigenvalue weighted by Gasteiger charge is 2.27. The Labute approximate surface area is 146 Å². The van der Waals surface area contributed by atoms with Crippen molar-refractivity contribution in [3.8, 4) is 0 Å². The molecule has 1 aliphatic carbocycles. The zero-order chi connectivity index (χ0) is 16.6. The molecule has 0 aliphatic heterocycles. The minimum Gasteiger partial charge on any atom is -0.353 e. The standard InChI is InChI=1S/C17H33N3O2.ClH/c1-4-17(5-2,12-18)20-15(21)11-13(3)19-16(22)14-9-7-6-8-10-14;/h13-14H,4-12,18H2,1-3H3,(H,19,22)(H,20,21);1H. The Morgan fingerprint density at radius 2 is 1.74 bits per heavy atom. The summed E-state index contributed by atoms with van der Waals surface area (Å²) in [5.74, 6) is 0.204. The number of nitrogens with two attached hydrogens (primary N) is 1. The van der Waals surface area contributed by atoms with Crippen LogP contribution >= 0.6 is 12.4 Å². The van der Waals surface area contributed by atoms with Gasteiger partial charge < -0.3 is 16.4 Å². The highest BCUT2D eigenvalue weighted by molar-refractivity contribution is 5.85. The lowest BCUT2D eigenvalue weighted by Gasteiger charge is -2.32. The third kappa shape index (κ3) is 7.08.